The first-order valence-corrected chi connectivity index (χ1v) is 12.6. The molecule has 0 radical (unpaired) electrons. The topological polar surface area (TPSA) is 143 Å². The molecule has 0 bridgehead atoms. The van der Waals surface area contributed by atoms with Crippen LogP contribution in [0.2, 0.25) is 0 Å². The van der Waals surface area contributed by atoms with Crippen LogP contribution in [-0.2, 0) is 22.9 Å². The fourth-order valence-corrected chi connectivity index (χ4v) is 5.18. The fourth-order valence-electron chi connectivity index (χ4n) is 4.18. The van der Waals surface area contributed by atoms with E-state index in [1.54, 1.807) is 23.0 Å². The zero-order valence-electron chi connectivity index (χ0n) is 19.6. The molecule has 3 N–H and O–H groups in total. The minimum Gasteiger partial charge on any atom is -0.493 e. The molecule has 1 atom stereocenters. The Balaban J connectivity index is 1.50. The molecule has 0 unspecified atom stereocenters. The van der Waals surface area contributed by atoms with Crippen molar-refractivity contribution < 1.29 is 23.2 Å². The third kappa shape index (κ3) is 4.42. The summed E-state index contributed by atoms with van der Waals surface area (Å²) in [6, 6.07) is 6.39. The molecule has 0 saturated carbocycles. The lowest BCUT2D eigenvalue weighted by atomic mass is 9.94. The minimum atomic E-state index is -3.62. The quantitative estimate of drug-likeness (QED) is 0.562. The fraction of sp³-hybridized carbons (Fsp3) is 0.348. The second-order valence-corrected chi connectivity index (χ2v) is 10.9. The average molecular weight is 499 g/mol. The number of benzene rings is 1. The number of anilines is 1. The molecular formula is C23H26N6O5S. The second-order valence-electron chi connectivity index (χ2n) is 9.16. The predicted molar refractivity (Wildman–Crippen MR) is 129 cm³/mol. The SMILES string of the molecule is COc1cc(-c2ccc3c(c2NC(=O)N=[S@@](N)(=O)c2cnn4c2OCC(C)(C)C4)CCO3)ccn1. The van der Waals surface area contributed by atoms with Crippen LogP contribution >= 0.6 is 0 Å². The van der Waals surface area contributed by atoms with Crippen LogP contribution in [0, 0.1) is 5.41 Å². The maximum atomic E-state index is 13.3. The lowest BCUT2D eigenvalue weighted by molar-refractivity contribution is 0.0972. The summed E-state index contributed by atoms with van der Waals surface area (Å²) in [7, 11) is -2.09. The molecule has 5 rings (SSSR count). The molecule has 1 aromatic carbocycles. The molecule has 4 heterocycles. The maximum absolute atomic E-state index is 13.3. The molecule has 0 aliphatic carbocycles. The Hall–Kier alpha value is -3.64. The Bertz CT molecular complexity index is 1440. The number of hydrogen-bond donors (Lipinski definition) is 2. The summed E-state index contributed by atoms with van der Waals surface area (Å²) in [4.78, 5) is 17.2. The average Bonchev–Trinajstić information content (AvgIpc) is 3.45. The van der Waals surface area contributed by atoms with Gasteiger partial charge in [0.05, 0.1) is 38.8 Å². The van der Waals surface area contributed by atoms with Crippen molar-refractivity contribution in [2.75, 3.05) is 25.6 Å². The van der Waals surface area contributed by atoms with Crippen molar-refractivity contribution in [1.82, 2.24) is 14.8 Å². The molecule has 35 heavy (non-hydrogen) atoms. The first-order valence-electron chi connectivity index (χ1n) is 11.0. The van der Waals surface area contributed by atoms with Crippen LogP contribution in [0.15, 0.2) is 45.9 Å². The van der Waals surface area contributed by atoms with Crippen molar-refractivity contribution >= 4 is 21.6 Å². The third-order valence-electron chi connectivity index (χ3n) is 5.84. The van der Waals surface area contributed by atoms with E-state index in [9.17, 15) is 9.00 Å². The van der Waals surface area contributed by atoms with E-state index < -0.39 is 15.9 Å². The van der Waals surface area contributed by atoms with Crippen molar-refractivity contribution in [2.24, 2.45) is 14.9 Å². The molecule has 184 valence electrons. The van der Waals surface area contributed by atoms with Crippen LogP contribution in [0.25, 0.3) is 11.1 Å². The van der Waals surface area contributed by atoms with Gasteiger partial charge in [0.1, 0.15) is 10.6 Å². The van der Waals surface area contributed by atoms with E-state index in [4.69, 9.17) is 19.3 Å². The summed E-state index contributed by atoms with van der Waals surface area (Å²) in [6.07, 6.45) is 3.56. The summed E-state index contributed by atoms with van der Waals surface area (Å²) in [5.74, 6) is 1.37. The van der Waals surface area contributed by atoms with Gasteiger partial charge < -0.3 is 19.5 Å². The van der Waals surface area contributed by atoms with Gasteiger partial charge in [0, 0.05) is 35.2 Å². The van der Waals surface area contributed by atoms with Crippen LogP contribution in [0.5, 0.6) is 17.5 Å². The lowest BCUT2D eigenvalue weighted by Gasteiger charge is -2.30. The zero-order chi connectivity index (χ0) is 24.8. The normalized spacial score (nSPS) is 17.3. The third-order valence-corrected chi connectivity index (χ3v) is 7.18. The standard InChI is InChI=1S/C23H26N6O5S/c1-23(2)12-29-21(34-13-23)18(11-26-29)35(24,31)28-22(30)27-20-15(4-5-17-16(20)7-9-33-17)14-6-8-25-19(10-14)32-3/h4-6,8,10-11H,7,9,12-13H2,1-3H3,(H3,24,27,28,30,31)/t35-/m1/s1. The van der Waals surface area contributed by atoms with Crippen molar-refractivity contribution in [3.8, 4) is 28.6 Å². The first kappa shape index (κ1) is 23.1. The number of carbonyl (C=O) groups excluding carboxylic acids is 1. The lowest BCUT2D eigenvalue weighted by Crippen LogP contribution is -2.33. The number of rotatable bonds is 4. The van der Waals surface area contributed by atoms with Gasteiger partial charge in [0.2, 0.25) is 11.8 Å². The van der Waals surface area contributed by atoms with Gasteiger partial charge in [-0.25, -0.2) is 23.8 Å². The van der Waals surface area contributed by atoms with Crippen LogP contribution in [0.3, 0.4) is 0 Å². The van der Waals surface area contributed by atoms with Crippen LogP contribution < -0.4 is 24.7 Å². The number of pyridine rings is 1. The number of urea groups is 1. The number of nitrogens with two attached hydrogens (primary N) is 1. The zero-order valence-corrected chi connectivity index (χ0v) is 20.4. The molecule has 3 aromatic rings. The molecule has 12 heteroatoms. The van der Waals surface area contributed by atoms with Crippen LogP contribution in [-0.4, -0.2) is 45.3 Å². The van der Waals surface area contributed by atoms with E-state index in [2.05, 4.69) is 19.8 Å². The van der Waals surface area contributed by atoms with Gasteiger partial charge in [-0.3, -0.25) is 0 Å². The molecule has 2 aromatic heterocycles. The van der Waals surface area contributed by atoms with Gasteiger partial charge in [-0.1, -0.05) is 13.8 Å². The van der Waals surface area contributed by atoms with Gasteiger partial charge in [0.15, 0.2) is 9.92 Å². The highest BCUT2D eigenvalue weighted by Crippen LogP contribution is 2.40. The van der Waals surface area contributed by atoms with Gasteiger partial charge in [-0.15, -0.1) is 4.36 Å². The Morgan fingerprint density at radius 2 is 2.14 bits per heavy atom. The van der Waals surface area contributed by atoms with E-state index in [1.165, 1.54) is 13.3 Å². The van der Waals surface area contributed by atoms with Gasteiger partial charge in [-0.2, -0.15) is 5.10 Å². The molecule has 0 saturated heterocycles. The molecule has 11 nitrogen and oxygen atoms in total. The summed E-state index contributed by atoms with van der Waals surface area (Å²) in [6.45, 7) is 5.53. The molecule has 0 fully saturated rings. The molecule has 0 spiro atoms. The van der Waals surface area contributed by atoms with Gasteiger partial charge in [0.25, 0.3) is 0 Å². The minimum absolute atomic E-state index is 0.0869. The second kappa shape index (κ2) is 8.54. The number of methoxy groups -OCH3 is 1. The van der Waals surface area contributed by atoms with E-state index >= 15 is 0 Å². The highest BCUT2D eigenvalue weighted by molar-refractivity contribution is 7.91. The molecule has 2 aliphatic heterocycles. The summed E-state index contributed by atoms with van der Waals surface area (Å²) >= 11 is 0. The molecular weight excluding hydrogens is 472 g/mol. The van der Waals surface area contributed by atoms with Crippen LogP contribution in [0.4, 0.5) is 10.5 Å². The number of carbonyl (C=O) groups is 1. The number of nitrogens with zero attached hydrogens (tertiary/aromatic N) is 4. The van der Waals surface area contributed by atoms with Gasteiger partial charge in [-0.05, 0) is 23.8 Å². The smallest absolute Gasteiger partial charge is 0.354 e. The van der Waals surface area contributed by atoms with Crippen molar-refractivity contribution in [3.63, 3.8) is 0 Å². The van der Waals surface area contributed by atoms with Crippen molar-refractivity contribution in [3.05, 3.63) is 42.2 Å². The first-order chi connectivity index (χ1) is 16.7. The van der Waals surface area contributed by atoms with Crippen LogP contribution in [0.1, 0.15) is 19.4 Å². The molecule has 2 aliphatic rings. The Morgan fingerprint density at radius 1 is 1.31 bits per heavy atom. The van der Waals surface area contributed by atoms with E-state index in [0.717, 1.165) is 16.7 Å². The highest BCUT2D eigenvalue weighted by Gasteiger charge is 2.32. The number of nitrogens with one attached hydrogen (secondary N) is 1. The Kier molecular flexibility index (Phi) is 5.64. The number of ether oxygens (including phenoxy) is 3. The largest absolute Gasteiger partial charge is 0.493 e. The number of hydrogen-bond acceptors (Lipinski definition) is 7. The Morgan fingerprint density at radius 3 is 2.94 bits per heavy atom. The van der Waals surface area contributed by atoms with Gasteiger partial charge >= 0.3 is 6.03 Å². The summed E-state index contributed by atoms with van der Waals surface area (Å²) in [5, 5.41) is 13.1. The number of aromatic nitrogens is 3. The highest BCUT2D eigenvalue weighted by atomic mass is 32.2. The number of amides is 2. The van der Waals surface area contributed by atoms with Crippen molar-refractivity contribution in [1.29, 1.82) is 0 Å². The Labute approximate surface area is 202 Å². The van der Waals surface area contributed by atoms with E-state index in [-0.39, 0.29) is 16.2 Å². The number of fused-ring (bicyclic) bond motifs is 2. The van der Waals surface area contributed by atoms with Crippen molar-refractivity contribution in [2.45, 2.75) is 31.7 Å². The van der Waals surface area contributed by atoms with E-state index in [1.807, 2.05) is 26.0 Å². The summed E-state index contributed by atoms with van der Waals surface area (Å²) in [5.41, 5.74) is 2.68. The van der Waals surface area contributed by atoms with E-state index in [0.29, 0.717) is 43.5 Å². The predicted octanol–water partition coefficient (Wildman–Crippen LogP) is 3.24. The summed E-state index contributed by atoms with van der Waals surface area (Å²) < 4.78 is 35.4. The monoisotopic (exact) mass is 498 g/mol. The molecule has 2 amide bonds. The maximum Gasteiger partial charge on any atom is 0.354 e.